The Labute approximate surface area is 374 Å². The molecule has 2 aliphatic carbocycles. The Hall–Kier alpha value is -4.48. The number of aliphatic hydroxyl groups is 1. The maximum Gasteiger partial charge on any atom is 0.286 e. The smallest absolute Gasteiger partial charge is 0.286 e. The second-order valence-electron chi connectivity index (χ2n) is 18.6. The summed E-state index contributed by atoms with van der Waals surface area (Å²) >= 11 is 6.52. The molecule has 7 atom stereocenters. The van der Waals surface area contributed by atoms with Gasteiger partial charge in [-0.25, -0.2) is 4.21 Å². The van der Waals surface area contributed by atoms with Crippen LogP contribution in [-0.2, 0) is 38.3 Å². The van der Waals surface area contributed by atoms with Crippen molar-refractivity contribution in [2.24, 2.45) is 29.2 Å². The summed E-state index contributed by atoms with van der Waals surface area (Å²) in [5, 5.41) is 17.8. The number of halogens is 1. The van der Waals surface area contributed by atoms with Crippen LogP contribution in [0.1, 0.15) is 77.3 Å². The van der Waals surface area contributed by atoms with Gasteiger partial charge >= 0.3 is 0 Å². The monoisotopic (exact) mass is 903 g/mol. The first-order valence-corrected chi connectivity index (χ1v) is 24.3. The van der Waals surface area contributed by atoms with E-state index in [9.17, 15) is 23.7 Å². The van der Waals surface area contributed by atoms with E-state index in [1.165, 1.54) is 29.1 Å². The Balaban J connectivity index is 1.10. The van der Waals surface area contributed by atoms with Crippen molar-refractivity contribution in [3.05, 3.63) is 82.0 Å². The molecule has 63 heavy (non-hydrogen) atoms. The largest absolute Gasteiger partial charge is 0.490 e. The van der Waals surface area contributed by atoms with Crippen LogP contribution in [0.4, 0.5) is 5.69 Å². The number of fused-ring (bicyclic) bond motifs is 5. The minimum Gasteiger partial charge on any atom is -0.490 e. The van der Waals surface area contributed by atoms with E-state index in [0.717, 1.165) is 45.2 Å². The fourth-order valence-electron chi connectivity index (χ4n) is 10.8. The summed E-state index contributed by atoms with van der Waals surface area (Å²) in [7, 11) is -0.734. The van der Waals surface area contributed by atoms with Gasteiger partial charge in [0.25, 0.3) is 11.8 Å². The van der Waals surface area contributed by atoms with Crippen LogP contribution in [0.15, 0.2) is 59.1 Å². The molecule has 6 aliphatic rings. The topological polar surface area (TPSA) is 168 Å². The van der Waals surface area contributed by atoms with E-state index in [0.29, 0.717) is 68.9 Å². The van der Waals surface area contributed by atoms with E-state index in [2.05, 4.69) is 36.1 Å². The molecule has 1 spiro atoms. The third-order valence-electron chi connectivity index (χ3n) is 14.2. The molecule has 2 N–H and O–H groups in total. The average molecular weight is 905 g/mol. The van der Waals surface area contributed by atoms with Crippen LogP contribution in [0.2, 0.25) is 5.02 Å². The quantitative estimate of drug-likeness (QED) is 0.338. The first-order chi connectivity index (χ1) is 30.2. The molecular weight excluding hydrogens is 846 g/mol. The molecule has 0 unspecified atom stereocenters. The molecule has 3 fully saturated rings. The second kappa shape index (κ2) is 17.5. The van der Waals surface area contributed by atoms with Gasteiger partial charge in [0.2, 0.25) is 11.8 Å². The molecule has 2 aromatic carbocycles. The van der Waals surface area contributed by atoms with Crippen LogP contribution >= 0.6 is 11.6 Å². The third-order valence-corrected chi connectivity index (χ3v) is 16.4. The standard InChI is InChI=1S/C46H58ClN7O8S/c1-30-6-4-15-46(58,22-41(55)53-17-16-52-18-19-61-26-35(52)24-53)38-11-8-33(38)23-54-28-45(14-5-7-31-20-34(47)10-12-37(31)45)29-62-40-13-9-32(21-39(40)54)42(56)49-63(59,27-30)50-43(57)36-25-51(2)48-44(36)60-3/h4,9-10,12-13,15,20-21,25,30,33,35,38,58H,5-8,11,14,16-19,22-24,26-29H2,1-3H3,(H,49,50,56,57,59)/b15-4+/t30-,33-,35-,38+,45-,46+,63-/m0/s1. The van der Waals surface area contributed by atoms with Crippen LogP contribution < -0.4 is 19.1 Å². The van der Waals surface area contributed by atoms with Gasteiger partial charge in [0, 0.05) is 68.5 Å². The van der Waals surface area contributed by atoms with Gasteiger partial charge in [0.1, 0.15) is 21.2 Å². The van der Waals surface area contributed by atoms with Crippen molar-refractivity contribution in [3.8, 4) is 11.6 Å². The molecule has 3 aromatic rings. The molecule has 1 saturated carbocycles. The Morgan fingerprint density at radius 2 is 1.98 bits per heavy atom. The predicted molar refractivity (Wildman–Crippen MR) is 239 cm³/mol. The minimum atomic E-state index is -3.75. The lowest BCUT2D eigenvalue weighted by molar-refractivity contribution is -0.145. The lowest BCUT2D eigenvalue weighted by Crippen LogP contribution is -2.60. The van der Waals surface area contributed by atoms with Gasteiger partial charge in [-0.15, -0.1) is 9.46 Å². The molecule has 1 aromatic heterocycles. The highest BCUT2D eigenvalue weighted by Gasteiger charge is 2.49. The number of hydrogen-bond acceptors (Lipinski definition) is 11. The highest BCUT2D eigenvalue weighted by atomic mass is 35.5. The van der Waals surface area contributed by atoms with Crippen LogP contribution in [0.25, 0.3) is 0 Å². The van der Waals surface area contributed by atoms with E-state index in [1.807, 2.05) is 24.0 Å². The van der Waals surface area contributed by atoms with Gasteiger partial charge in [-0.3, -0.25) is 28.7 Å². The number of anilines is 1. The summed E-state index contributed by atoms with van der Waals surface area (Å²) in [4.78, 5) is 48.9. The number of methoxy groups -OCH3 is 1. The Morgan fingerprint density at radius 1 is 1.13 bits per heavy atom. The van der Waals surface area contributed by atoms with Crippen LogP contribution in [0, 0.1) is 17.8 Å². The number of aromatic nitrogens is 2. The first-order valence-electron chi connectivity index (χ1n) is 22.2. The summed E-state index contributed by atoms with van der Waals surface area (Å²) < 4.78 is 41.0. The first kappa shape index (κ1) is 43.8. The highest BCUT2D eigenvalue weighted by Crippen LogP contribution is 2.49. The van der Waals surface area contributed by atoms with Gasteiger partial charge in [0.05, 0.1) is 56.4 Å². The maximum absolute atomic E-state index is 14.9. The van der Waals surface area contributed by atoms with E-state index in [-0.39, 0.29) is 58.9 Å². The number of benzene rings is 2. The van der Waals surface area contributed by atoms with E-state index < -0.39 is 32.7 Å². The Kier molecular flexibility index (Phi) is 12.1. The fourth-order valence-corrected chi connectivity index (χ4v) is 12.9. The van der Waals surface area contributed by atoms with Crippen LogP contribution in [0.5, 0.6) is 11.6 Å². The zero-order chi connectivity index (χ0) is 44.1. The number of carbonyl (C=O) groups is 3. The number of allylic oxidation sites excluding steroid dienone is 1. The number of nitrogens with zero attached hydrogens (tertiary/aromatic N) is 6. The molecule has 338 valence electrons. The summed E-state index contributed by atoms with van der Waals surface area (Å²) in [6.45, 7) is 7.42. The normalized spacial score (nSPS) is 31.5. The highest BCUT2D eigenvalue weighted by molar-refractivity contribution is 7.92. The Bertz CT molecular complexity index is 2440. The van der Waals surface area contributed by atoms with Crippen LogP contribution in [0.3, 0.4) is 0 Å². The van der Waals surface area contributed by atoms with Crippen LogP contribution in [-0.4, -0.2) is 130 Å². The zero-order valence-electron chi connectivity index (χ0n) is 36.3. The number of hydrogen-bond donors (Lipinski definition) is 2. The molecule has 9 rings (SSSR count). The van der Waals surface area contributed by atoms with Crippen molar-refractivity contribution < 1.29 is 37.9 Å². The number of morpholine rings is 1. The van der Waals surface area contributed by atoms with E-state index in [1.54, 1.807) is 31.3 Å². The van der Waals surface area contributed by atoms with Gasteiger partial charge in [-0.1, -0.05) is 36.7 Å². The molecular formula is C46H58ClN7O8S. The number of carbonyl (C=O) groups excluding carboxylic acids is 3. The van der Waals surface area contributed by atoms with Gasteiger partial charge in [0.15, 0.2) is 0 Å². The SMILES string of the molecule is COc1nn(C)cc1C(=O)N[S@@]1(=O)=NC(=O)c2ccc3c(c2)N(C[C@@H]2CC[C@H]2[C@](O)(CC(=O)N2CCN4CCOC[C@@H]4C2)/C=C/C[C@H](C)C1)C[C@@]1(CCCc2cc(Cl)ccc21)CO3. The van der Waals surface area contributed by atoms with Crippen molar-refractivity contribution in [2.75, 3.05) is 76.9 Å². The van der Waals surface area contributed by atoms with Crippen molar-refractivity contribution in [3.63, 3.8) is 0 Å². The summed E-state index contributed by atoms with van der Waals surface area (Å²) in [5.74, 6) is -1.69. The molecule has 0 radical (unpaired) electrons. The molecule has 15 nitrogen and oxygen atoms in total. The van der Waals surface area contributed by atoms with E-state index in [4.69, 9.17) is 25.8 Å². The fraction of sp³-hybridized carbons (Fsp3) is 0.565. The van der Waals surface area contributed by atoms with E-state index >= 15 is 0 Å². The minimum absolute atomic E-state index is 0.0140. The van der Waals surface area contributed by atoms with Crippen molar-refractivity contribution in [1.82, 2.24) is 24.3 Å². The number of piperazine rings is 1. The number of nitrogens with one attached hydrogen (secondary N) is 1. The average Bonchev–Trinajstić information content (AvgIpc) is 3.56. The molecule has 3 amide bonds. The van der Waals surface area contributed by atoms with Crippen molar-refractivity contribution in [1.29, 1.82) is 0 Å². The lowest BCUT2D eigenvalue weighted by atomic mass is 9.63. The lowest BCUT2D eigenvalue weighted by Gasteiger charge is -2.50. The molecule has 17 heteroatoms. The third kappa shape index (κ3) is 8.85. The van der Waals surface area contributed by atoms with Crippen molar-refractivity contribution >= 4 is 44.9 Å². The zero-order valence-corrected chi connectivity index (χ0v) is 37.9. The number of rotatable bonds is 5. The number of amides is 3. The van der Waals surface area contributed by atoms with Gasteiger partial charge in [-0.2, -0.15) is 0 Å². The van der Waals surface area contributed by atoms with Gasteiger partial charge in [-0.05, 0) is 97.7 Å². The second-order valence-corrected chi connectivity index (χ2v) is 21.0. The molecule has 5 heterocycles. The van der Waals surface area contributed by atoms with Gasteiger partial charge < -0.3 is 29.1 Å². The maximum atomic E-state index is 14.9. The van der Waals surface area contributed by atoms with Crippen molar-refractivity contribution in [2.45, 2.75) is 68.9 Å². The molecule has 2 bridgehead atoms. The predicted octanol–water partition coefficient (Wildman–Crippen LogP) is 4.79. The summed E-state index contributed by atoms with van der Waals surface area (Å²) in [6, 6.07) is 11.4. The Morgan fingerprint density at radius 3 is 2.79 bits per heavy atom. The number of ether oxygens (including phenoxy) is 3. The summed E-state index contributed by atoms with van der Waals surface area (Å²) in [5.41, 5.74) is 1.46. The summed E-state index contributed by atoms with van der Waals surface area (Å²) in [6.07, 6.45) is 9.69. The molecule has 2 saturated heterocycles. The molecule has 4 aliphatic heterocycles. The number of aryl methyl sites for hydroxylation is 2.